The van der Waals surface area contributed by atoms with Crippen LogP contribution in [0.3, 0.4) is 0 Å². The number of carbonyl (C=O) groups excluding carboxylic acids is 1. The van der Waals surface area contributed by atoms with Crippen LogP contribution in [0.2, 0.25) is 0 Å². The highest BCUT2D eigenvalue weighted by atomic mass is 32.2. The molecule has 2 atom stereocenters. The maximum atomic E-state index is 12.4. The highest BCUT2D eigenvalue weighted by Gasteiger charge is 2.40. The molecule has 0 saturated carbocycles. The summed E-state index contributed by atoms with van der Waals surface area (Å²) in [5.41, 5.74) is 0.683. The molecule has 0 aliphatic carbocycles. The lowest BCUT2D eigenvalue weighted by Crippen LogP contribution is -2.47. The number of nitrogens with zero attached hydrogens (tertiary/aromatic N) is 1. The number of aliphatic carboxylic acids is 1. The largest absolute Gasteiger partial charge is 0.480 e. The molecule has 2 amide bonds. The summed E-state index contributed by atoms with van der Waals surface area (Å²) in [6.45, 7) is 1.95. The van der Waals surface area contributed by atoms with Crippen molar-refractivity contribution in [2.75, 3.05) is 17.3 Å². The van der Waals surface area contributed by atoms with Gasteiger partial charge in [0, 0.05) is 16.3 Å². The van der Waals surface area contributed by atoms with E-state index in [1.807, 2.05) is 31.4 Å². The molecule has 2 N–H and O–H groups in total. The van der Waals surface area contributed by atoms with E-state index in [1.54, 1.807) is 17.8 Å². The van der Waals surface area contributed by atoms with Gasteiger partial charge in [-0.25, -0.2) is 9.59 Å². The number of urea groups is 1. The molecule has 0 aromatic heterocycles. The van der Waals surface area contributed by atoms with Gasteiger partial charge in [-0.3, -0.25) is 4.90 Å². The molecule has 1 aromatic carbocycles. The van der Waals surface area contributed by atoms with Crippen LogP contribution in [-0.4, -0.2) is 45.4 Å². The monoisotopic (exact) mass is 326 g/mol. The Morgan fingerprint density at radius 1 is 1.52 bits per heavy atom. The maximum absolute atomic E-state index is 12.4. The van der Waals surface area contributed by atoms with Crippen molar-refractivity contribution in [1.29, 1.82) is 0 Å². The van der Waals surface area contributed by atoms with Crippen LogP contribution in [0.1, 0.15) is 13.3 Å². The molecule has 1 aliphatic heterocycles. The Balaban J connectivity index is 2.14. The van der Waals surface area contributed by atoms with Gasteiger partial charge in [0.1, 0.15) is 6.04 Å². The second-order valence-electron chi connectivity index (χ2n) is 4.62. The highest BCUT2D eigenvalue weighted by molar-refractivity contribution is 8.00. The summed E-state index contributed by atoms with van der Waals surface area (Å²) in [5, 5.41) is 12.0. The fraction of sp³-hybridized carbons (Fsp3) is 0.429. The van der Waals surface area contributed by atoms with Crippen molar-refractivity contribution in [3.63, 3.8) is 0 Å². The Hall–Kier alpha value is -1.34. The predicted octanol–water partition coefficient (Wildman–Crippen LogP) is 3.18. The number of rotatable bonds is 4. The summed E-state index contributed by atoms with van der Waals surface area (Å²) in [4.78, 5) is 26.2. The molecule has 1 heterocycles. The number of hydrogen-bond acceptors (Lipinski definition) is 4. The summed E-state index contributed by atoms with van der Waals surface area (Å²) in [5.74, 6) is -0.516. The first-order valence-corrected chi connectivity index (χ1v) is 8.92. The van der Waals surface area contributed by atoms with Crippen molar-refractivity contribution in [3.8, 4) is 0 Å². The van der Waals surface area contributed by atoms with E-state index >= 15 is 0 Å². The zero-order chi connectivity index (χ0) is 15.4. The first-order valence-electron chi connectivity index (χ1n) is 6.64. The minimum Gasteiger partial charge on any atom is -0.480 e. The summed E-state index contributed by atoms with van der Waals surface area (Å²) >= 11 is 3.10. The van der Waals surface area contributed by atoms with E-state index < -0.39 is 12.0 Å². The van der Waals surface area contributed by atoms with E-state index in [0.717, 1.165) is 11.3 Å². The number of carbonyl (C=O) groups is 2. The topological polar surface area (TPSA) is 69.6 Å². The average molecular weight is 326 g/mol. The Kier molecular flexibility index (Phi) is 5.41. The van der Waals surface area contributed by atoms with Crippen molar-refractivity contribution >= 4 is 41.2 Å². The fourth-order valence-electron chi connectivity index (χ4n) is 2.23. The molecule has 0 radical (unpaired) electrons. The Morgan fingerprint density at radius 3 is 2.90 bits per heavy atom. The third-order valence-corrected chi connectivity index (χ3v) is 5.46. The number of carboxylic acids is 1. The van der Waals surface area contributed by atoms with Gasteiger partial charge in [0.05, 0.1) is 5.37 Å². The highest BCUT2D eigenvalue weighted by Crippen LogP contribution is 2.32. The van der Waals surface area contributed by atoms with Gasteiger partial charge in [-0.15, -0.1) is 23.5 Å². The number of carboxylic acid groups (broad SMARTS) is 1. The minimum absolute atomic E-state index is 0.0881. The van der Waals surface area contributed by atoms with Crippen molar-refractivity contribution in [1.82, 2.24) is 4.90 Å². The molecule has 1 aromatic rings. The fourth-order valence-corrected chi connectivity index (χ4v) is 4.04. The van der Waals surface area contributed by atoms with Gasteiger partial charge in [0.15, 0.2) is 0 Å². The van der Waals surface area contributed by atoms with Crippen LogP contribution in [0.4, 0.5) is 10.5 Å². The van der Waals surface area contributed by atoms with Crippen molar-refractivity contribution in [2.24, 2.45) is 0 Å². The Bertz CT molecular complexity index is 539. The third kappa shape index (κ3) is 3.65. The smallest absolute Gasteiger partial charge is 0.327 e. The number of anilines is 1. The van der Waals surface area contributed by atoms with Crippen molar-refractivity contribution in [3.05, 3.63) is 24.3 Å². The van der Waals surface area contributed by atoms with Crippen LogP contribution >= 0.6 is 23.5 Å². The molecule has 1 fully saturated rings. The van der Waals surface area contributed by atoms with Crippen LogP contribution in [0.5, 0.6) is 0 Å². The summed E-state index contributed by atoms with van der Waals surface area (Å²) in [6.07, 6.45) is 2.69. The SMILES string of the molecule is CCC1SCC(C(=O)O)N1C(=O)Nc1cccc(SC)c1. The minimum atomic E-state index is -0.952. The zero-order valence-electron chi connectivity index (χ0n) is 11.9. The Morgan fingerprint density at radius 2 is 2.29 bits per heavy atom. The van der Waals surface area contributed by atoms with Gasteiger partial charge in [-0.2, -0.15) is 0 Å². The number of amides is 2. The van der Waals surface area contributed by atoms with Gasteiger partial charge >= 0.3 is 12.0 Å². The zero-order valence-corrected chi connectivity index (χ0v) is 13.5. The van der Waals surface area contributed by atoms with E-state index in [4.69, 9.17) is 0 Å². The average Bonchev–Trinajstić information content (AvgIpc) is 2.91. The molecule has 7 heteroatoms. The first kappa shape index (κ1) is 16.0. The number of nitrogens with one attached hydrogen (secondary N) is 1. The maximum Gasteiger partial charge on any atom is 0.327 e. The lowest BCUT2D eigenvalue weighted by Gasteiger charge is -2.26. The molecule has 2 unspecified atom stereocenters. The van der Waals surface area contributed by atoms with E-state index in [0.29, 0.717) is 11.4 Å². The Labute approximate surface area is 132 Å². The van der Waals surface area contributed by atoms with Crippen LogP contribution < -0.4 is 5.32 Å². The molecule has 2 rings (SSSR count). The van der Waals surface area contributed by atoms with E-state index in [-0.39, 0.29) is 11.4 Å². The third-order valence-electron chi connectivity index (χ3n) is 3.28. The van der Waals surface area contributed by atoms with Gasteiger partial charge in [0.25, 0.3) is 0 Å². The van der Waals surface area contributed by atoms with Gasteiger partial charge in [0.2, 0.25) is 0 Å². The summed E-state index contributed by atoms with van der Waals surface area (Å²) in [6, 6.07) is 6.40. The molecular formula is C14H18N2O3S2. The lowest BCUT2D eigenvalue weighted by molar-refractivity contribution is -0.141. The van der Waals surface area contributed by atoms with Crippen molar-refractivity contribution < 1.29 is 14.7 Å². The molecular weight excluding hydrogens is 308 g/mol. The molecule has 0 bridgehead atoms. The molecule has 114 valence electrons. The molecule has 1 saturated heterocycles. The molecule has 21 heavy (non-hydrogen) atoms. The quantitative estimate of drug-likeness (QED) is 0.832. The molecule has 5 nitrogen and oxygen atoms in total. The normalized spacial score (nSPS) is 21.3. The van der Waals surface area contributed by atoms with Crippen molar-refractivity contribution in [2.45, 2.75) is 29.7 Å². The van der Waals surface area contributed by atoms with Gasteiger partial charge in [-0.05, 0) is 30.9 Å². The van der Waals surface area contributed by atoms with Crippen LogP contribution in [0.25, 0.3) is 0 Å². The predicted molar refractivity (Wildman–Crippen MR) is 87.0 cm³/mol. The molecule has 0 spiro atoms. The lowest BCUT2D eigenvalue weighted by atomic mass is 10.2. The first-order chi connectivity index (χ1) is 10.1. The van der Waals surface area contributed by atoms with E-state index in [2.05, 4.69) is 5.32 Å². The summed E-state index contributed by atoms with van der Waals surface area (Å²) < 4.78 is 0. The van der Waals surface area contributed by atoms with Crippen LogP contribution in [0.15, 0.2) is 29.2 Å². The van der Waals surface area contributed by atoms with Gasteiger partial charge in [-0.1, -0.05) is 13.0 Å². The second kappa shape index (κ2) is 7.09. The number of benzene rings is 1. The second-order valence-corrected chi connectivity index (χ2v) is 6.71. The number of thioether (sulfide) groups is 2. The van der Waals surface area contributed by atoms with E-state index in [9.17, 15) is 14.7 Å². The van der Waals surface area contributed by atoms with Gasteiger partial charge < -0.3 is 10.4 Å². The summed E-state index contributed by atoms with van der Waals surface area (Å²) in [7, 11) is 0. The van der Waals surface area contributed by atoms with Crippen LogP contribution in [-0.2, 0) is 4.79 Å². The molecule has 1 aliphatic rings. The standard InChI is InChI=1S/C14H18N2O3S2/c1-3-12-16(11(8-21-12)13(17)18)14(19)15-9-5-4-6-10(7-9)20-2/h4-7,11-12H,3,8H2,1-2H3,(H,15,19)(H,17,18). The van der Waals surface area contributed by atoms with E-state index in [1.165, 1.54) is 16.7 Å². The number of hydrogen-bond donors (Lipinski definition) is 2. The van der Waals surface area contributed by atoms with Crippen LogP contribution in [0, 0.1) is 0 Å².